The molecule has 1 atom stereocenters. The van der Waals surface area contributed by atoms with E-state index in [1.165, 1.54) is 0 Å². The van der Waals surface area contributed by atoms with Crippen molar-refractivity contribution < 1.29 is 14.2 Å². The summed E-state index contributed by atoms with van der Waals surface area (Å²) in [6.45, 7) is 11.9. The molecule has 1 aliphatic rings. The third-order valence-electron chi connectivity index (χ3n) is 4.23. The summed E-state index contributed by atoms with van der Waals surface area (Å²) in [5, 5.41) is 6.81. The fraction of sp³-hybridized carbons (Fsp3) is 0.632. The van der Waals surface area contributed by atoms with Gasteiger partial charge in [-0.3, -0.25) is 4.99 Å². The van der Waals surface area contributed by atoms with Crippen LogP contribution in [0.4, 0.5) is 0 Å². The lowest BCUT2D eigenvalue weighted by molar-refractivity contribution is -0.0971. The molecule has 1 aromatic rings. The van der Waals surface area contributed by atoms with Crippen molar-refractivity contribution in [3.8, 4) is 11.5 Å². The largest absolute Gasteiger partial charge is 0.490 e. The van der Waals surface area contributed by atoms with E-state index >= 15 is 0 Å². The first-order chi connectivity index (χ1) is 12.0. The molecule has 1 aliphatic heterocycles. The monoisotopic (exact) mass is 477 g/mol. The van der Waals surface area contributed by atoms with Crippen molar-refractivity contribution in [3.05, 3.63) is 23.8 Å². The molecule has 7 heteroatoms. The second kappa shape index (κ2) is 10.8. The lowest BCUT2D eigenvalue weighted by Gasteiger charge is -2.38. The van der Waals surface area contributed by atoms with Gasteiger partial charge in [-0.1, -0.05) is 13.0 Å². The predicted molar refractivity (Wildman–Crippen MR) is 116 cm³/mol. The highest BCUT2D eigenvalue weighted by molar-refractivity contribution is 14.0. The van der Waals surface area contributed by atoms with Gasteiger partial charge in [0, 0.05) is 19.0 Å². The zero-order chi connectivity index (χ0) is 18.3. The molecule has 0 saturated carbocycles. The van der Waals surface area contributed by atoms with Gasteiger partial charge >= 0.3 is 0 Å². The maximum absolute atomic E-state index is 5.71. The van der Waals surface area contributed by atoms with E-state index in [0.29, 0.717) is 13.2 Å². The number of hydrogen-bond donors (Lipinski definition) is 2. The number of nitrogens with zero attached hydrogens (tertiary/aromatic N) is 1. The van der Waals surface area contributed by atoms with Crippen molar-refractivity contribution >= 4 is 29.9 Å². The second-order valence-corrected chi connectivity index (χ2v) is 6.67. The molecule has 0 bridgehead atoms. The van der Waals surface area contributed by atoms with Crippen LogP contribution in [0.1, 0.15) is 39.3 Å². The van der Waals surface area contributed by atoms with Crippen LogP contribution in [-0.4, -0.2) is 46.0 Å². The Morgan fingerprint density at radius 2 is 1.88 bits per heavy atom. The van der Waals surface area contributed by atoms with Crippen LogP contribution < -0.4 is 20.1 Å². The lowest BCUT2D eigenvalue weighted by atomic mass is 9.89. The summed E-state index contributed by atoms with van der Waals surface area (Å²) in [6, 6.07) is 6.14. The molecule has 0 aromatic heterocycles. The fourth-order valence-corrected chi connectivity index (χ4v) is 2.67. The Balaban J connectivity index is 0.00000338. The standard InChI is InChI=1S/C19H31N3O3.HI/c1-6-24-16-9-8-15(10-17(16)25-7-2)14(3)22-18(20-5)21-11-19(4)12-23-13-19;/h8-10,14H,6-7,11-13H2,1-5H3,(H2,20,21,22);1H. The Morgan fingerprint density at radius 3 is 2.42 bits per heavy atom. The van der Waals surface area contributed by atoms with Gasteiger partial charge in [0.2, 0.25) is 0 Å². The topological polar surface area (TPSA) is 64.1 Å². The summed E-state index contributed by atoms with van der Waals surface area (Å²) >= 11 is 0. The Morgan fingerprint density at radius 1 is 1.23 bits per heavy atom. The molecule has 2 N–H and O–H groups in total. The van der Waals surface area contributed by atoms with E-state index in [4.69, 9.17) is 14.2 Å². The fourth-order valence-electron chi connectivity index (χ4n) is 2.67. The SMILES string of the molecule is CCOc1ccc(C(C)NC(=NC)NCC2(C)COC2)cc1OCC.I. The first kappa shape index (κ1) is 22.8. The Bertz CT molecular complexity index is 591. The Hall–Kier alpha value is -1.22. The lowest BCUT2D eigenvalue weighted by Crippen LogP contribution is -2.51. The van der Waals surface area contributed by atoms with Gasteiger partial charge in [0.05, 0.1) is 32.5 Å². The summed E-state index contributed by atoms with van der Waals surface area (Å²) in [5.74, 6) is 2.34. The zero-order valence-electron chi connectivity index (χ0n) is 16.4. The molecule has 0 radical (unpaired) electrons. The van der Waals surface area contributed by atoms with Crippen molar-refractivity contribution in [1.29, 1.82) is 0 Å². The van der Waals surface area contributed by atoms with Gasteiger partial charge in [-0.2, -0.15) is 0 Å². The number of guanidine groups is 1. The van der Waals surface area contributed by atoms with Gasteiger partial charge in [-0.15, -0.1) is 24.0 Å². The summed E-state index contributed by atoms with van der Waals surface area (Å²) in [4.78, 5) is 4.32. The maximum Gasteiger partial charge on any atom is 0.191 e. The number of hydrogen-bond acceptors (Lipinski definition) is 4. The summed E-state index contributed by atoms with van der Waals surface area (Å²) in [6.07, 6.45) is 0. The van der Waals surface area contributed by atoms with E-state index < -0.39 is 0 Å². The van der Waals surface area contributed by atoms with Crippen molar-refractivity contribution in [2.75, 3.05) is 40.0 Å². The molecule has 1 fully saturated rings. The number of benzene rings is 1. The summed E-state index contributed by atoms with van der Waals surface area (Å²) in [5.41, 5.74) is 1.32. The van der Waals surface area contributed by atoms with Crippen LogP contribution in [0.15, 0.2) is 23.2 Å². The number of halogens is 1. The molecule has 1 heterocycles. The van der Waals surface area contributed by atoms with Crippen LogP contribution in [0.2, 0.25) is 0 Å². The minimum absolute atomic E-state index is 0. The third kappa shape index (κ3) is 6.19. The number of ether oxygens (including phenoxy) is 3. The van der Waals surface area contributed by atoms with Crippen LogP contribution in [0.25, 0.3) is 0 Å². The van der Waals surface area contributed by atoms with Crippen molar-refractivity contribution in [2.45, 2.75) is 33.7 Å². The van der Waals surface area contributed by atoms with E-state index in [2.05, 4.69) is 35.5 Å². The molecule has 1 aromatic carbocycles. The number of nitrogens with one attached hydrogen (secondary N) is 2. The molecule has 6 nitrogen and oxygen atoms in total. The quantitative estimate of drug-likeness (QED) is 0.342. The Kier molecular flexibility index (Phi) is 9.49. The van der Waals surface area contributed by atoms with Crippen LogP contribution in [-0.2, 0) is 4.74 Å². The minimum atomic E-state index is 0. The molecule has 1 saturated heterocycles. The third-order valence-corrected chi connectivity index (χ3v) is 4.23. The van der Waals surface area contributed by atoms with Gasteiger partial charge in [-0.25, -0.2) is 0 Å². The average Bonchev–Trinajstić information content (AvgIpc) is 2.58. The van der Waals surface area contributed by atoms with E-state index in [9.17, 15) is 0 Å². The first-order valence-electron chi connectivity index (χ1n) is 8.95. The maximum atomic E-state index is 5.71. The molecule has 0 spiro atoms. The molecular weight excluding hydrogens is 445 g/mol. The van der Waals surface area contributed by atoms with Gasteiger partial charge < -0.3 is 24.8 Å². The van der Waals surface area contributed by atoms with Gasteiger partial charge in [0.25, 0.3) is 0 Å². The molecule has 148 valence electrons. The van der Waals surface area contributed by atoms with Crippen molar-refractivity contribution in [3.63, 3.8) is 0 Å². The van der Waals surface area contributed by atoms with Gasteiger partial charge in [-0.05, 0) is 38.5 Å². The molecule has 26 heavy (non-hydrogen) atoms. The minimum Gasteiger partial charge on any atom is -0.490 e. The summed E-state index contributed by atoms with van der Waals surface area (Å²) < 4.78 is 16.6. The van der Waals surface area contributed by atoms with E-state index in [1.54, 1.807) is 7.05 Å². The predicted octanol–water partition coefficient (Wildman–Crippen LogP) is 3.36. The van der Waals surface area contributed by atoms with E-state index in [1.807, 2.05) is 26.0 Å². The van der Waals surface area contributed by atoms with Crippen molar-refractivity contribution in [1.82, 2.24) is 10.6 Å². The highest BCUT2D eigenvalue weighted by Gasteiger charge is 2.33. The highest BCUT2D eigenvalue weighted by Crippen LogP contribution is 2.30. The van der Waals surface area contributed by atoms with E-state index in [0.717, 1.165) is 42.8 Å². The summed E-state index contributed by atoms with van der Waals surface area (Å²) in [7, 11) is 1.78. The Labute approximate surface area is 174 Å². The van der Waals surface area contributed by atoms with Gasteiger partial charge in [0.1, 0.15) is 0 Å². The van der Waals surface area contributed by atoms with Crippen LogP contribution >= 0.6 is 24.0 Å². The molecule has 1 unspecified atom stereocenters. The zero-order valence-corrected chi connectivity index (χ0v) is 18.8. The molecular formula is C19H32IN3O3. The van der Waals surface area contributed by atoms with Gasteiger partial charge in [0.15, 0.2) is 17.5 Å². The second-order valence-electron chi connectivity index (χ2n) is 6.67. The molecule has 2 rings (SSSR count). The average molecular weight is 477 g/mol. The molecule has 0 amide bonds. The first-order valence-corrected chi connectivity index (χ1v) is 8.95. The number of rotatable bonds is 8. The normalized spacial score (nSPS) is 16.7. The smallest absolute Gasteiger partial charge is 0.191 e. The van der Waals surface area contributed by atoms with Crippen LogP contribution in [0.5, 0.6) is 11.5 Å². The van der Waals surface area contributed by atoms with E-state index in [-0.39, 0.29) is 35.4 Å². The van der Waals surface area contributed by atoms with Crippen LogP contribution in [0, 0.1) is 5.41 Å². The van der Waals surface area contributed by atoms with Crippen LogP contribution in [0.3, 0.4) is 0 Å². The number of aliphatic imine (C=N–C) groups is 1. The highest BCUT2D eigenvalue weighted by atomic mass is 127. The molecule has 0 aliphatic carbocycles. The van der Waals surface area contributed by atoms with Crippen molar-refractivity contribution in [2.24, 2.45) is 10.4 Å².